The number of carbonyl (C=O) groups excluding carboxylic acids is 1. The molecule has 0 fully saturated rings. The smallest absolute Gasteiger partial charge is 0.307 e. The first-order valence-electron chi connectivity index (χ1n) is 6.59. The highest BCUT2D eigenvalue weighted by atomic mass is 35.5. The Balaban J connectivity index is 2.06. The first-order valence-corrected chi connectivity index (χ1v) is 6.97. The van der Waals surface area contributed by atoms with Crippen LogP contribution in [0.3, 0.4) is 0 Å². The molecule has 0 saturated heterocycles. The molecule has 2 aromatic rings. The number of amides is 1. The van der Waals surface area contributed by atoms with Gasteiger partial charge in [0.25, 0.3) is 0 Å². The van der Waals surface area contributed by atoms with E-state index in [-0.39, 0.29) is 12.3 Å². The second-order valence-electron chi connectivity index (χ2n) is 4.60. The molecular formula is C17H14ClNO3. The molecule has 0 aliphatic rings. The second kappa shape index (κ2) is 7.43. The summed E-state index contributed by atoms with van der Waals surface area (Å²) >= 11 is 5.79. The summed E-state index contributed by atoms with van der Waals surface area (Å²) in [5, 5.41) is 12.2. The Hall–Kier alpha value is -2.59. The Kier molecular flexibility index (Phi) is 5.33. The van der Waals surface area contributed by atoms with Gasteiger partial charge < -0.3 is 10.4 Å². The summed E-state index contributed by atoms with van der Waals surface area (Å²) in [6, 6.07) is 13.9. The van der Waals surface area contributed by atoms with Gasteiger partial charge >= 0.3 is 5.97 Å². The summed E-state index contributed by atoms with van der Waals surface area (Å²) in [4.78, 5) is 22.7. The third kappa shape index (κ3) is 4.75. The minimum absolute atomic E-state index is 0.142. The van der Waals surface area contributed by atoms with Crippen LogP contribution in [0.25, 0.3) is 6.08 Å². The highest BCUT2D eigenvalue weighted by Crippen LogP contribution is 2.16. The number of hydrogen-bond donors (Lipinski definition) is 2. The summed E-state index contributed by atoms with van der Waals surface area (Å²) in [6.07, 6.45) is 2.91. The summed E-state index contributed by atoms with van der Waals surface area (Å²) < 4.78 is 0. The van der Waals surface area contributed by atoms with Crippen molar-refractivity contribution in [2.24, 2.45) is 0 Å². The lowest BCUT2D eigenvalue weighted by Gasteiger charge is -2.07. The number of benzene rings is 2. The number of hydrogen-bond acceptors (Lipinski definition) is 2. The lowest BCUT2D eigenvalue weighted by atomic mass is 10.1. The van der Waals surface area contributed by atoms with Crippen molar-refractivity contribution in [3.05, 3.63) is 70.8 Å². The van der Waals surface area contributed by atoms with Gasteiger partial charge in [0.1, 0.15) is 0 Å². The zero-order valence-corrected chi connectivity index (χ0v) is 12.4. The van der Waals surface area contributed by atoms with Crippen LogP contribution in [0.4, 0.5) is 5.69 Å². The molecule has 0 radical (unpaired) electrons. The van der Waals surface area contributed by atoms with Gasteiger partial charge in [0, 0.05) is 16.8 Å². The highest BCUT2D eigenvalue weighted by molar-refractivity contribution is 6.30. The predicted octanol–water partition coefficient (Wildman–Crippen LogP) is 3.62. The Morgan fingerprint density at radius 1 is 1.09 bits per heavy atom. The van der Waals surface area contributed by atoms with Crippen molar-refractivity contribution in [1.29, 1.82) is 0 Å². The van der Waals surface area contributed by atoms with Gasteiger partial charge in [-0.15, -0.1) is 0 Å². The average molecular weight is 316 g/mol. The van der Waals surface area contributed by atoms with Gasteiger partial charge in [-0.1, -0.05) is 41.9 Å². The number of rotatable bonds is 5. The van der Waals surface area contributed by atoms with Crippen molar-refractivity contribution in [1.82, 2.24) is 0 Å². The number of carboxylic acids is 1. The molecule has 0 saturated carbocycles. The van der Waals surface area contributed by atoms with E-state index in [1.807, 2.05) is 0 Å². The van der Waals surface area contributed by atoms with E-state index in [4.69, 9.17) is 16.7 Å². The third-order valence-corrected chi connectivity index (χ3v) is 3.17. The number of para-hydroxylation sites is 1. The van der Waals surface area contributed by atoms with Crippen LogP contribution in [-0.4, -0.2) is 17.0 Å². The van der Waals surface area contributed by atoms with Crippen LogP contribution in [0.1, 0.15) is 11.1 Å². The monoisotopic (exact) mass is 315 g/mol. The molecule has 0 aliphatic carbocycles. The van der Waals surface area contributed by atoms with Crippen LogP contribution in [0.15, 0.2) is 54.6 Å². The molecule has 0 aromatic heterocycles. The fraction of sp³-hybridized carbons (Fsp3) is 0.0588. The van der Waals surface area contributed by atoms with Gasteiger partial charge in [0.05, 0.1) is 6.42 Å². The maximum Gasteiger partial charge on any atom is 0.307 e. The molecule has 0 heterocycles. The van der Waals surface area contributed by atoms with Crippen LogP contribution < -0.4 is 5.32 Å². The minimum Gasteiger partial charge on any atom is -0.481 e. The van der Waals surface area contributed by atoms with E-state index in [0.717, 1.165) is 5.56 Å². The maximum atomic E-state index is 11.9. The normalized spacial score (nSPS) is 10.6. The Labute approximate surface area is 133 Å². The van der Waals surface area contributed by atoms with Crippen molar-refractivity contribution in [3.63, 3.8) is 0 Å². The van der Waals surface area contributed by atoms with E-state index in [1.54, 1.807) is 54.6 Å². The largest absolute Gasteiger partial charge is 0.481 e. The zero-order valence-electron chi connectivity index (χ0n) is 11.6. The molecule has 22 heavy (non-hydrogen) atoms. The number of carboxylic acid groups (broad SMARTS) is 1. The molecule has 0 unspecified atom stereocenters. The minimum atomic E-state index is -0.946. The lowest BCUT2D eigenvalue weighted by Crippen LogP contribution is -2.11. The molecule has 5 heteroatoms. The van der Waals surface area contributed by atoms with Gasteiger partial charge in [-0.3, -0.25) is 9.59 Å². The van der Waals surface area contributed by atoms with Crippen LogP contribution in [0.2, 0.25) is 5.02 Å². The van der Waals surface area contributed by atoms with Gasteiger partial charge in [-0.25, -0.2) is 0 Å². The molecule has 0 spiro atoms. The fourth-order valence-corrected chi connectivity index (χ4v) is 2.01. The van der Waals surface area contributed by atoms with Crippen LogP contribution in [0.5, 0.6) is 0 Å². The molecule has 0 atom stereocenters. The molecule has 0 aliphatic heterocycles. The Bertz CT molecular complexity index is 708. The second-order valence-corrected chi connectivity index (χ2v) is 5.04. The number of carbonyl (C=O) groups is 2. The van der Waals surface area contributed by atoms with Crippen molar-refractivity contribution < 1.29 is 14.7 Å². The SMILES string of the molecule is O=C(O)Cc1ccccc1NC(=O)C=Cc1ccc(Cl)cc1. The molecule has 4 nitrogen and oxygen atoms in total. The molecule has 2 N–H and O–H groups in total. The highest BCUT2D eigenvalue weighted by Gasteiger charge is 2.07. The lowest BCUT2D eigenvalue weighted by molar-refractivity contribution is -0.136. The average Bonchev–Trinajstić information content (AvgIpc) is 2.48. The first-order chi connectivity index (χ1) is 10.5. The maximum absolute atomic E-state index is 11.9. The number of aliphatic carboxylic acids is 1. The molecule has 1 amide bonds. The van der Waals surface area contributed by atoms with Gasteiger partial charge in [-0.2, -0.15) is 0 Å². The topological polar surface area (TPSA) is 66.4 Å². The van der Waals surface area contributed by atoms with E-state index < -0.39 is 5.97 Å². The molecule has 112 valence electrons. The zero-order chi connectivity index (χ0) is 15.9. The number of anilines is 1. The van der Waals surface area contributed by atoms with Gasteiger partial charge in [0.2, 0.25) is 5.91 Å². The number of nitrogens with one attached hydrogen (secondary N) is 1. The quantitative estimate of drug-likeness (QED) is 0.828. The van der Waals surface area contributed by atoms with Crippen LogP contribution in [0, 0.1) is 0 Å². The predicted molar refractivity (Wildman–Crippen MR) is 86.9 cm³/mol. The fourth-order valence-electron chi connectivity index (χ4n) is 1.88. The molecule has 2 rings (SSSR count). The summed E-state index contributed by atoms with van der Waals surface area (Å²) in [5.41, 5.74) is 1.90. The van der Waals surface area contributed by atoms with E-state index in [2.05, 4.69) is 5.32 Å². The van der Waals surface area contributed by atoms with Crippen molar-refractivity contribution in [2.45, 2.75) is 6.42 Å². The molecule has 2 aromatic carbocycles. The van der Waals surface area contributed by atoms with Crippen molar-refractivity contribution >= 4 is 35.2 Å². The molecular weight excluding hydrogens is 302 g/mol. The first kappa shape index (κ1) is 15.8. The summed E-state index contributed by atoms with van der Waals surface area (Å²) in [6.45, 7) is 0. The molecule has 0 bridgehead atoms. The van der Waals surface area contributed by atoms with Gasteiger partial charge in [-0.05, 0) is 35.4 Å². The number of halogens is 1. The van der Waals surface area contributed by atoms with Crippen molar-refractivity contribution in [2.75, 3.05) is 5.32 Å². The summed E-state index contributed by atoms with van der Waals surface area (Å²) in [7, 11) is 0. The summed E-state index contributed by atoms with van der Waals surface area (Å²) in [5.74, 6) is -1.27. The third-order valence-electron chi connectivity index (χ3n) is 2.91. The van der Waals surface area contributed by atoms with Crippen LogP contribution in [-0.2, 0) is 16.0 Å². The van der Waals surface area contributed by atoms with Crippen molar-refractivity contribution in [3.8, 4) is 0 Å². The van der Waals surface area contributed by atoms with Gasteiger partial charge in [0.15, 0.2) is 0 Å². The Morgan fingerprint density at radius 3 is 2.45 bits per heavy atom. The standard InChI is InChI=1S/C17H14ClNO3/c18-14-8-5-12(6-9-14)7-10-16(20)19-15-4-2-1-3-13(15)11-17(21)22/h1-10H,11H2,(H,19,20)(H,21,22). The van der Waals surface area contributed by atoms with E-state index in [9.17, 15) is 9.59 Å². The van der Waals surface area contributed by atoms with Crippen LogP contribution >= 0.6 is 11.6 Å². The van der Waals surface area contributed by atoms with E-state index in [0.29, 0.717) is 16.3 Å². The van der Waals surface area contributed by atoms with E-state index in [1.165, 1.54) is 6.08 Å². The van der Waals surface area contributed by atoms with E-state index >= 15 is 0 Å². The Morgan fingerprint density at radius 2 is 1.77 bits per heavy atom.